The summed E-state index contributed by atoms with van der Waals surface area (Å²) < 4.78 is 13.6. The van der Waals surface area contributed by atoms with Crippen LogP contribution in [0.5, 0.6) is 0 Å². The van der Waals surface area contributed by atoms with E-state index in [1.807, 2.05) is 0 Å². The lowest BCUT2D eigenvalue weighted by atomic mass is 10.2. The van der Waals surface area contributed by atoms with Crippen molar-refractivity contribution in [3.05, 3.63) is 34.6 Å². The summed E-state index contributed by atoms with van der Waals surface area (Å²) in [6.07, 6.45) is 2.48. The molecule has 1 saturated carbocycles. The molecule has 1 aromatic carbocycles. The largest absolute Gasteiger partial charge is 0.351 e. The molecule has 104 valence electrons. The van der Waals surface area contributed by atoms with E-state index in [2.05, 4.69) is 17.6 Å². The predicted molar refractivity (Wildman–Crippen MR) is 73.4 cm³/mol. The lowest BCUT2D eigenvalue weighted by Crippen LogP contribution is -2.38. The maximum Gasteiger partial charge on any atom is 0.234 e. The third kappa shape index (κ3) is 4.18. The van der Waals surface area contributed by atoms with Gasteiger partial charge in [0.2, 0.25) is 5.91 Å². The van der Waals surface area contributed by atoms with E-state index in [0.717, 1.165) is 0 Å². The van der Waals surface area contributed by atoms with Crippen LogP contribution < -0.4 is 10.6 Å². The van der Waals surface area contributed by atoms with Gasteiger partial charge in [-0.1, -0.05) is 23.7 Å². The van der Waals surface area contributed by atoms with Crippen molar-refractivity contribution >= 4 is 17.5 Å². The Kier molecular flexibility index (Phi) is 4.77. The van der Waals surface area contributed by atoms with Gasteiger partial charge in [0.1, 0.15) is 5.82 Å². The molecular weight excluding hydrogens is 267 g/mol. The fourth-order valence-corrected chi connectivity index (χ4v) is 2.15. The monoisotopic (exact) mass is 284 g/mol. The van der Waals surface area contributed by atoms with Gasteiger partial charge < -0.3 is 10.6 Å². The molecule has 1 fully saturated rings. The lowest BCUT2D eigenvalue weighted by Gasteiger charge is -2.12. The normalized spacial score (nSPS) is 16.2. The Hall–Kier alpha value is -1.13. The Morgan fingerprint density at radius 1 is 1.53 bits per heavy atom. The maximum atomic E-state index is 13.6. The van der Waals surface area contributed by atoms with Crippen molar-refractivity contribution in [2.24, 2.45) is 5.92 Å². The van der Waals surface area contributed by atoms with E-state index in [0.29, 0.717) is 17.5 Å². The van der Waals surface area contributed by atoms with Gasteiger partial charge in [-0.2, -0.15) is 0 Å². The summed E-state index contributed by atoms with van der Waals surface area (Å²) in [6.45, 7) is 2.51. The molecule has 0 radical (unpaired) electrons. The van der Waals surface area contributed by atoms with E-state index >= 15 is 0 Å². The van der Waals surface area contributed by atoms with Gasteiger partial charge >= 0.3 is 0 Å². The summed E-state index contributed by atoms with van der Waals surface area (Å²) >= 11 is 5.67. The fraction of sp³-hybridized carbons (Fsp3) is 0.500. The van der Waals surface area contributed by atoms with Gasteiger partial charge in [0.25, 0.3) is 0 Å². The number of carbonyl (C=O) groups excluding carboxylic acids is 1. The third-order valence-electron chi connectivity index (χ3n) is 3.42. The number of nitrogens with one attached hydrogen (secondary N) is 2. The minimum atomic E-state index is -0.469. The van der Waals surface area contributed by atoms with Crippen LogP contribution in [0, 0.1) is 11.7 Å². The average Bonchev–Trinajstić information content (AvgIpc) is 3.22. The van der Waals surface area contributed by atoms with Crippen molar-refractivity contribution in [2.45, 2.75) is 32.4 Å². The Morgan fingerprint density at radius 3 is 2.95 bits per heavy atom. The molecular formula is C14H18ClFN2O. The Labute approximate surface area is 117 Å². The molecule has 3 nitrogen and oxygen atoms in total. The minimum Gasteiger partial charge on any atom is -0.351 e. The maximum absolute atomic E-state index is 13.6. The zero-order chi connectivity index (χ0) is 13.8. The van der Waals surface area contributed by atoms with Crippen molar-refractivity contribution in [3.63, 3.8) is 0 Å². The second-order valence-electron chi connectivity index (χ2n) is 5.00. The van der Waals surface area contributed by atoms with E-state index in [1.165, 1.54) is 18.9 Å². The average molecular weight is 285 g/mol. The zero-order valence-corrected chi connectivity index (χ0v) is 11.6. The SMILES string of the molecule is C[C@@H](NCC(=O)NCc1cccc(Cl)c1F)C1CC1. The van der Waals surface area contributed by atoms with E-state index in [9.17, 15) is 9.18 Å². The highest BCUT2D eigenvalue weighted by molar-refractivity contribution is 6.30. The topological polar surface area (TPSA) is 41.1 Å². The first-order chi connectivity index (χ1) is 9.08. The minimum absolute atomic E-state index is 0.0761. The molecule has 0 bridgehead atoms. The highest BCUT2D eigenvalue weighted by Gasteiger charge is 2.27. The van der Waals surface area contributed by atoms with Gasteiger partial charge in [-0.15, -0.1) is 0 Å². The zero-order valence-electron chi connectivity index (χ0n) is 10.9. The molecule has 1 aromatic rings. The second kappa shape index (κ2) is 6.35. The fourth-order valence-electron chi connectivity index (χ4n) is 1.96. The Morgan fingerprint density at radius 2 is 2.26 bits per heavy atom. The number of amides is 1. The molecule has 1 amide bonds. The summed E-state index contributed by atoms with van der Waals surface area (Å²) in [7, 11) is 0. The number of benzene rings is 1. The van der Waals surface area contributed by atoms with Crippen LogP contribution in [0.15, 0.2) is 18.2 Å². The molecule has 1 atom stereocenters. The van der Waals surface area contributed by atoms with Crippen LogP contribution in [0.3, 0.4) is 0 Å². The molecule has 0 spiro atoms. The molecule has 0 aliphatic heterocycles. The van der Waals surface area contributed by atoms with Crippen molar-refractivity contribution in [1.29, 1.82) is 0 Å². The van der Waals surface area contributed by atoms with E-state index in [4.69, 9.17) is 11.6 Å². The summed E-state index contributed by atoms with van der Waals surface area (Å²) in [6, 6.07) is 5.14. The number of hydrogen-bond donors (Lipinski definition) is 2. The molecule has 19 heavy (non-hydrogen) atoms. The van der Waals surface area contributed by atoms with Gasteiger partial charge in [0, 0.05) is 18.2 Å². The number of hydrogen-bond acceptors (Lipinski definition) is 2. The standard InChI is InChI=1S/C14H18ClFN2O/c1-9(10-5-6-10)17-8-13(19)18-7-11-3-2-4-12(15)14(11)16/h2-4,9-10,17H,5-8H2,1H3,(H,18,19)/t9-/m1/s1. The van der Waals surface area contributed by atoms with Crippen LogP contribution >= 0.6 is 11.6 Å². The molecule has 0 unspecified atom stereocenters. The third-order valence-corrected chi connectivity index (χ3v) is 3.71. The van der Waals surface area contributed by atoms with Crippen LogP contribution in [-0.4, -0.2) is 18.5 Å². The van der Waals surface area contributed by atoms with Crippen molar-refractivity contribution in [1.82, 2.24) is 10.6 Å². The summed E-state index contributed by atoms with van der Waals surface area (Å²) in [5.74, 6) is 0.105. The first kappa shape index (κ1) is 14.3. The molecule has 1 aliphatic carbocycles. The molecule has 2 N–H and O–H groups in total. The summed E-state index contributed by atoms with van der Waals surface area (Å²) in [5, 5.41) is 5.93. The highest BCUT2D eigenvalue weighted by Crippen LogP contribution is 2.32. The molecule has 0 aromatic heterocycles. The molecule has 2 rings (SSSR count). The van der Waals surface area contributed by atoms with Crippen LogP contribution in [0.4, 0.5) is 4.39 Å². The van der Waals surface area contributed by atoms with Crippen LogP contribution in [0.2, 0.25) is 5.02 Å². The summed E-state index contributed by atoms with van der Waals surface area (Å²) in [5.41, 5.74) is 0.399. The van der Waals surface area contributed by atoms with Crippen LogP contribution in [-0.2, 0) is 11.3 Å². The Balaban J connectivity index is 1.75. The van der Waals surface area contributed by atoms with Crippen LogP contribution in [0.25, 0.3) is 0 Å². The molecule has 0 saturated heterocycles. The van der Waals surface area contributed by atoms with Crippen molar-refractivity contribution < 1.29 is 9.18 Å². The summed E-state index contributed by atoms with van der Waals surface area (Å²) in [4.78, 5) is 11.6. The van der Waals surface area contributed by atoms with E-state index in [1.54, 1.807) is 12.1 Å². The molecule has 1 aliphatic rings. The number of halogens is 2. The van der Waals surface area contributed by atoms with Crippen LogP contribution in [0.1, 0.15) is 25.3 Å². The smallest absolute Gasteiger partial charge is 0.234 e. The second-order valence-corrected chi connectivity index (χ2v) is 5.40. The quantitative estimate of drug-likeness (QED) is 0.843. The van der Waals surface area contributed by atoms with Gasteiger partial charge in [-0.25, -0.2) is 4.39 Å². The van der Waals surface area contributed by atoms with Gasteiger partial charge in [0.15, 0.2) is 0 Å². The molecule has 5 heteroatoms. The van der Waals surface area contributed by atoms with E-state index in [-0.39, 0.29) is 24.0 Å². The van der Waals surface area contributed by atoms with E-state index < -0.39 is 5.82 Å². The van der Waals surface area contributed by atoms with Gasteiger partial charge in [0.05, 0.1) is 11.6 Å². The molecule has 0 heterocycles. The van der Waals surface area contributed by atoms with Gasteiger partial charge in [-0.05, 0) is 31.7 Å². The Bertz CT molecular complexity index is 463. The predicted octanol–water partition coefficient (Wildman–Crippen LogP) is 2.48. The van der Waals surface area contributed by atoms with Crippen molar-refractivity contribution in [2.75, 3.05) is 6.54 Å². The van der Waals surface area contributed by atoms with Crippen molar-refractivity contribution in [3.8, 4) is 0 Å². The lowest BCUT2D eigenvalue weighted by molar-refractivity contribution is -0.120. The highest BCUT2D eigenvalue weighted by atomic mass is 35.5. The number of carbonyl (C=O) groups is 1. The van der Waals surface area contributed by atoms with Gasteiger partial charge in [-0.3, -0.25) is 4.79 Å². The number of rotatable bonds is 6. The first-order valence-corrected chi connectivity index (χ1v) is 6.88. The first-order valence-electron chi connectivity index (χ1n) is 6.51.